The van der Waals surface area contributed by atoms with E-state index in [1.165, 1.54) is 32.1 Å². The maximum absolute atomic E-state index is 11.6. The normalized spacial score (nSPS) is 16.6. The molecular formula is C15H21N3O. The summed E-state index contributed by atoms with van der Waals surface area (Å²) < 4.78 is 0. The molecule has 4 heteroatoms. The third kappa shape index (κ3) is 5.20. The highest BCUT2D eigenvalue weighted by Crippen LogP contribution is 2.27. The van der Waals surface area contributed by atoms with Crippen LogP contribution in [0.1, 0.15) is 50.6 Å². The summed E-state index contributed by atoms with van der Waals surface area (Å²) in [4.78, 5) is 15.7. The lowest BCUT2D eigenvalue weighted by Crippen LogP contribution is -2.19. The van der Waals surface area contributed by atoms with Crippen LogP contribution in [-0.4, -0.2) is 17.1 Å². The fourth-order valence-electron chi connectivity index (χ4n) is 2.49. The third-order valence-corrected chi connectivity index (χ3v) is 3.58. The van der Waals surface area contributed by atoms with E-state index in [-0.39, 0.29) is 5.91 Å². The molecule has 1 aromatic heterocycles. The van der Waals surface area contributed by atoms with Gasteiger partial charge in [0.25, 0.3) is 0 Å². The molecule has 19 heavy (non-hydrogen) atoms. The van der Waals surface area contributed by atoms with E-state index in [2.05, 4.69) is 15.5 Å². The van der Waals surface area contributed by atoms with Gasteiger partial charge in [0.05, 0.1) is 11.9 Å². The Morgan fingerprint density at radius 3 is 2.95 bits per heavy atom. The van der Waals surface area contributed by atoms with Gasteiger partial charge in [-0.05, 0) is 24.5 Å². The van der Waals surface area contributed by atoms with Crippen LogP contribution in [0.2, 0.25) is 0 Å². The molecule has 0 saturated heterocycles. The first-order valence-corrected chi connectivity index (χ1v) is 7.07. The van der Waals surface area contributed by atoms with Crippen LogP contribution in [0.15, 0.2) is 29.5 Å². The van der Waals surface area contributed by atoms with Gasteiger partial charge in [0.2, 0.25) is 5.91 Å². The first-order valence-electron chi connectivity index (χ1n) is 7.07. The highest BCUT2D eigenvalue weighted by atomic mass is 16.2. The molecule has 1 amide bonds. The van der Waals surface area contributed by atoms with Crippen molar-refractivity contribution in [2.45, 2.75) is 44.9 Å². The Hall–Kier alpha value is -1.71. The molecule has 0 aromatic carbocycles. The quantitative estimate of drug-likeness (QED) is 0.653. The van der Waals surface area contributed by atoms with E-state index in [1.54, 1.807) is 12.4 Å². The number of carbonyl (C=O) groups is 1. The molecule has 1 saturated carbocycles. The predicted octanol–water partition coefficient (Wildman–Crippen LogP) is 2.89. The number of hydrogen-bond acceptors (Lipinski definition) is 3. The number of nitrogens with zero attached hydrogens (tertiary/aromatic N) is 2. The summed E-state index contributed by atoms with van der Waals surface area (Å²) in [5.41, 5.74) is 3.31. The Labute approximate surface area is 114 Å². The van der Waals surface area contributed by atoms with Crippen molar-refractivity contribution in [3.05, 3.63) is 30.1 Å². The molecule has 0 spiro atoms. The van der Waals surface area contributed by atoms with Gasteiger partial charge in [-0.3, -0.25) is 9.78 Å². The van der Waals surface area contributed by atoms with E-state index in [1.807, 2.05) is 18.2 Å². The number of rotatable bonds is 5. The van der Waals surface area contributed by atoms with Crippen molar-refractivity contribution in [3.8, 4) is 0 Å². The molecule has 4 nitrogen and oxygen atoms in total. The van der Waals surface area contributed by atoms with Gasteiger partial charge in [0.1, 0.15) is 0 Å². The van der Waals surface area contributed by atoms with Crippen molar-refractivity contribution in [1.29, 1.82) is 0 Å². The molecule has 1 N–H and O–H groups in total. The van der Waals surface area contributed by atoms with Crippen LogP contribution < -0.4 is 5.43 Å². The molecule has 0 atom stereocenters. The Bertz CT molecular complexity index is 411. The largest absolute Gasteiger partial charge is 0.273 e. The first-order chi connectivity index (χ1) is 9.34. The van der Waals surface area contributed by atoms with Crippen molar-refractivity contribution < 1.29 is 4.79 Å². The number of pyridine rings is 1. The van der Waals surface area contributed by atoms with E-state index in [0.29, 0.717) is 6.42 Å². The molecule has 0 radical (unpaired) electrons. The average Bonchev–Trinajstić information content (AvgIpc) is 2.47. The molecule has 0 aliphatic heterocycles. The molecule has 0 unspecified atom stereocenters. The Kier molecular flexibility index (Phi) is 5.53. The third-order valence-electron chi connectivity index (χ3n) is 3.58. The van der Waals surface area contributed by atoms with Crippen molar-refractivity contribution in [2.24, 2.45) is 11.0 Å². The topological polar surface area (TPSA) is 54.4 Å². The van der Waals surface area contributed by atoms with E-state index in [9.17, 15) is 4.79 Å². The summed E-state index contributed by atoms with van der Waals surface area (Å²) >= 11 is 0. The zero-order chi connectivity index (χ0) is 13.3. The van der Waals surface area contributed by atoms with Crippen LogP contribution >= 0.6 is 0 Å². The van der Waals surface area contributed by atoms with E-state index in [0.717, 1.165) is 18.0 Å². The van der Waals surface area contributed by atoms with Crippen molar-refractivity contribution in [2.75, 3.05) is 0 Å². The van der Waals surface area contributed by atoms with E-state index >= 15 is 0 Å². The zero-order valence-corrected chi connectivity index (χ0v) is 11.2. The van der Waals surface area contributed by atoms with Gasteiger partial charge in [-0.1, -0.05) is 38.2 Å². The van der Waals surface area contributed by atoms with Gasteiger partial charge in [-0.15, -0.1) is 0 Å². The molecule has 1 fully saturated rings. The summed E-state index contributed by atoms with van der Waals surface area (Å²) in [6.45, 7) is 0. The lowest BCUT2D eigenvalue weighted by Gasteiger charge is -2.20. The van der Waals surface area contributed by atoms with Gasteiger partial charge >= 0.3 is 0 Å². The van der Waals surface area contributed by atoms with Gasteiger partial charge in [0, 0.05) is 12.6 Å². The monoisotopic (exact) mass is 259 g/mol. The first kappa shape index (κ1) is 13.7. The SMILES string of the molecule is O=C(CCC1CCCCC1)NN=Cc1ccccn1. The number of hydrogen-bond donors (Lipinski definition) is 1. The molecule has 0 bridgehead atoms. The van der Waals surface area contributed by atoms with Crippen LogP contribution in [-0.2, 0) is 4.79 Å². The number of aromatic nitrogens is 1. The van der Waals surface area contributed by atoms with E-state index in [4.69, 9.17) is 0 Å². The van der Waals surface area contributed by atoms with Crippen molar-refractivity contribution in [1.82, 2.24) is 10.4 Å². The lowest BCUT2D eigenvalue weighted by atomic mass is 9.86. The summed E-state index contributed by atoms with van der Waals surface area (Å²) in [7, 11) is 0. The number of amides is 1. The second-order valence-electron chi connectivity index (χ2n) is 5.09. The van der Waals surface area contributed by atoms with Crippen LogP contribution in [0, 0.1) is 5.92 Å². The van der Waals surface area contributed by atoms with Crippen molar-refractivity contribution >= 4 is 12.1 Å². The molecule has 1 aromatic rings. The van der Waals surface area contributed by atoms with Gasteiger partial charge in [-0.2, -0.15) is 5.10 Å². The van der Waals surface area contributed by atoms with E-state index < -0.39 is 0 Å². The molecule has 102 valence electrons. The van der Waals surface area contributed by atoms with Gasteiger partial charge in [-0.25, -0.2) is 5.43 Å². The van der Waals surface area contributed by atoms with Crippen molar-refractivity contribution in [3.63, 3.8) is 0 Å². The Balaban J connectivity index is 1.65. The Morgan fingerprint density at radius 1 is 1.37 bits per heavy atom. The van der Waals surface area contributed by atoms with Crippen LogP contribution in [0.3, 0.4) is 0 Å². The van der Waals surface area contributed by atoms with Gasteiger partial charge < -0.3 is 0 Å². The highest BCUT2D eigenvalue weighted by molar-refractivity contribution is 5.80. The molecular weight excluding hydrogens is 238 g/mol. The minimum atomic E-state index is -0.00208. The van der Waals surface area contributed by atoms with Crippen LogP contribution in [0.5, 0.6) is 0 Å². The Morgan fingerprint density at radius 2 is 2.21 bits per heavy atom. The molecule has 1 heterocycles. The average molecular weight is 259 g/mol. The minimum absolute atomic E-state index is 0.00208. The van der Waals surface area contributed by atoms with Crippen LogP contribution in [0.4, 0.5) is 0 Å². The molecule has 1 aliphatic rings. The standard InChI is InChI=1S/C15H21N3O/c19-15(10-9-13-6-2-1-3-7-13)18-17-12-14-8-4-5-11-16-14/h4-5,8,11-13H,1-3,6-7,9-10H2,(H,18,19). The summed E-state index contributed by atoms with van der Waals surface area (Å²) in [6.07, 6.45) is 11.4. The smallest absolute Gasteiger partial charge is 0.240 e. The number of carbonyl (C=O) groups excluding carboxylic acids is 1. The summed E-state index contributed by atoms with van der Waals surface area (Å²) in [6, 6.07) is 5.58. The summed E-state index contributed by atoms with van der Waals surface area (Å²) in [5, 5.41) is 3.92. The summed E-state index contributed by atoms with van der Waals surface area (Å²) in [5.74, 6) is 0.733. The van der Waals surface area contributed by atoms with Crippen LogP contribution in [0.25, 0.3) is 0 Å². The number of hydrazone groups is 1. The fourth-order valence-corrected chi connectivity index (χ4v) is 2.49. The zero-order valence-electron chi connectivity index (χ0n) is 11.2. The minimum Gasteiger partial charge on any atom is -0.273 e. The lowest BCUT2D eigenvalue weighted by molar-refractivity contribution is -0.121. The maximum Gasteiger partial charge on any atom is 0.240 e. The predicted molar refractivity (Wildman–Crippen MR) is 75.8 cm³/mol. The second kappa shape index (κ2) is 7.67. The molecule has 1 aliphatic carbocycles. The van der Waals surface area contributed by atoms with Gasteiger partial charge in [0.15, 0.2) is 0 Å². The fraction of sp³-hybridized carbons (Fsp3) is 0.533. The second-order valence-corrected chi connectivity index (χ2v) is 5.09. The highest BCUT2D eigenvalue weighted by Gasteiger charge is 2.14. The molecule has 2 rings (SSSR count). The maximum atomic E-state index is 11.6. The number of nitrogens with one attached hydrogen (secondary N) is 1.